The Morgan fingerprint density at radius 1 is 1.28 bits per heavy atom. The Hall–Kier alpha value is -0.950. The van der Waals surface area contributed by atoms with Crippen molar-refractivity contribution < 1.29 is 18.1 Å². The highest BCUT2D eigenvalue weighted by molar-refractivity contribution is 7.85. The molecule has 3 N–H and O–H groups in total. The predicted octanol–water partition coefficient (Wildman–Crippen LogP) is 0.976. The first-order chi connectivity index (χ1) is 8.40. The van der Waals surface area contributed by atoms with Crippen molar-refractivity contribution in [1.82, 2.24) is 5.32 Å². The summed E-state index contributed by atoms with van der Waals surface area (Å²) in [6.45, 7) is 2.25. The van der Waals surface area contributed by atoms with Crippen LogP contribution in [-0.4, -0.2) is 36.4 Å². The van der Waals surface area contributed by atoms with Crippen molar-refractivity contribution in [3.63, 3.8) is 0 Å². The lowest BCUT2D eigenvalue weighted by molar-refractivity contribution is 0.136. The molecule has 0 aromatic heterocycles. The molecule has 6 heteroatoms. The van der Waals surface area contributed by atoms with E-state index in [0.29, 0.717) is 13.0 Å². The summed E-state index contributed by atoms with van der Waals surface area (Å²) in [4.78, 5) is 0. The minimum Gasteiger partial charge on any atom is -0.387 e. The molecule has 0 spiro atoms. The van der Waals surface area contributed by atoms with E-state index in [1.807, 2.05) is 37.3 Å². The van der Waals surface area contributed by atoms with Gasteiger partial charge in [-0.1, -0.05) is 30.3 Å². The summed E-state index contributed by atoms with van der Waals surface area (Å²) >= 11 is 0. The fourth-order valence-corrected chi connectivity index (χ4v) is 2.14. The van der Waals surface area contributed by atoms with Crippen molar-refractivity contribution in [2.45, 2.75) is 25.5 Å². The van der Waals surface area contributed by atoms with Crippen LogP contribution in [0.15, 0.2) is 30.3 Å². The molecule has 2 unspecified atom stereocenters. The zero-order valence-corrected chi connectivity index (χ0v) is 11.1. The fraction of sp³-hybridized carbons (Fsp3) is 0.500. The zero-order valence-electron chi connectivity index (χ0n) is 10.3. The maximum absolute atomic E-state index is 10.5. The molecule has 1 aromatic rings. The molecular weight excluding hydrogens is 254 g/mol. The molecule has 0 saturated heterocycles. The number of benzene rings is 1. The summed E-state index contributed by atoms with van der Waals surface area (Å²) in [5, 5.41) is 13.0. The molecule has 0 heterocycles. The summed E-state index contributed by atoms with van der Waals surface area (Å²) in [6, 6.07) is 9.06. The quantitative estimate of drug-likeness (QED) is 0.509. The second-order valence-corrected chi connectivity index (χ2v) is 5.81. The van der Waals surface area contributed by atoms with E-state index in [2.05, 4.69) is 5.32 Å². The smallest absolute Gasteiger partial charge is 0.264 e. The maximum Gasteiger partial charge on any atom is 0.264 e. The fourth-order valence-electron chi connectivity index (χ4n) is 1.63. The monoisotopic (exact) mass is 273 g/mol. The number of hydrogen-bond donors (Lipinski definition) is 3. The Bertz CT molecular complexity index is 446. The van der Waals surface area contributed by atoms with Crippen LogP contribution in [0.25, 0.3) is 0 Å². The normalized spacial score (nSPS) is 15.3. The van der Waals surface area contributed by atoms with Gasteiger partial charge in [0.1, 0.15) is 0 Å². The minimum absolute atomic E-state index is 0.186. The van der Waals surface area contributed by atoms with Crippen molar-refractivity contribution in [2.75, 3.05) is 12.3 Å². The van der Waals surface area contributed by atoms with Gasteiger partial charge in [-0.15, -0.1) is 0 Å². The van der Waals surface area contributed by atoms with E-state index in [-0.39, 0.29) is 11.8 Å². The van der Waals surface area contributed by atoms with Gasteiger partial charge in [-0.3, -0.25) is 4.55 Å². The third-order valence-electron chi connectivity index (χ3n) is 2.66. The topological polar surface area (TPSA) is 86.6 Å². The molecule has 0 bridgehead atoms. The van der Waals surface area contributed by atoms with Crippen LogP contribution in [-0.2, 0) is 10.1 Å². The van der Waals surface area contributed by atoms with E-state index in [1.54, 1.807) is 0 Å². The van der Waals surface area contributed by atoms with Crippen molar-refractivity contribution in [1.29, 1.82) is 0 Å². The number of nitrogens with one attached hydrogen (secondary N) is 1. The van der Waals surface area contributed by atoms with Crippen LogP contribution < -0.4 is 5.32 Å². The average Bonchev–Trinajstić information content (AvgIpc) is 2.33. The summed E-state index contributed by atoms with van der Waals surface area (Å²) in [5.41, 5.74) is 0.812. The van der Waals surface area contributed by atoms with Crippen molar-refractivity contribution >= 4 is 10.1 Å². The van der Waals surface area contributed by atoms with Crippen LogP contribution in [0.4, 0.5) is 0 Å². The first-order valence-corrected chi connectivity index (χ1v) is 7.42. The first-order valence-electron chi connectivity index (χ1n) is 5.82. The van der Waals surface area contributed by atoms with E-state index < -0.39 is 16.2 Å². The average molecular weight is 273 g/mol. The third-order valence-corrected chi connectivity index (χ3v) is 3.46. The number of rotatable bonds is 7. The van der Waals surface area contributed by atoms with Gasteiger partial charge in [0.05, 0.1) is 11.9 Å². The van der Waals surface area contributed by atoms with E-state index in [1.165, 1.54) is 0 Å². The Morgan fingerprint density at radius 3 is 2.44 bits per heavy atom. The van der Waals surface area contributed by atoms with Gasteiger partial charge in [0.2, 0.25) is 0 Å². The Balaban J connectivity index is 2.35. The number of aliphatic hydroxyl groups is 1. The Kier molecular flexibility index (Phi) is 5.74. The van der Waals surface area contributed by atoms with Crippen molar-refractivity contribution in [3.8, 4) is 0 Å². The van der Waals surface area contributed by atoms with E-state index >= 15 is 0 Å². The molecule has 0 aliphatic carbocycles. The van der Waals surface area contributed by atoms with Crippen LogP contribution in [0.2, 0.25) is 0 Å². The molecule has 0 saturated carbocycles. The van der Waals surface area contributed by atoms with Gasteiger partial charge in [0.25, 0.3) is 10.1 Å². The molecule has 1 rings (SSSR count). The molecule has 5 nitrogen and oxygen atoms in total. The second kappa shape index (κ2) is 6.84. The summed E-state index contributed by atoms with van der Waals surface area (Å²) < 4.78 is 29.6. The molecule has 0 amide bonds. The largest absolute Gasteiger partial charge is 0.387 e. The lowest BCUT2D eigenvalue weighted by Gasteiger charge is -2.20. The molecule has 0 aliphatic heterocycles. The lowest BCUT2D eigenvalue weighted by Crippen LogP contribution is -2.33. The second-order valence-electron chi connectivity index (χ2n) is 4.24. The van der Waals surface area contributed by atoms with Gasteiger partial charge >= 0.3 is 0 Å². The molecule has 0 radical (unpaired) electrons. The summed E-state index contributed by atoms with van der Waals surface area (Å²) in [5.74, 6) is -0.270. The first kappa shape index (κ1) is 15.1. The Labute approximate surface area is 108 Å². The summed E-state index contributed by atoms with van der Waals surface area (Å²) in [6.07, 6.45) is -0.332. The summed E-state index contributed by atoms with van der Waals surface area (Å²) in [7, 11) is -3.90. The molecule has 1 aromatic carbocycles. The highest BCUT2D eigenvalue weighted by atomic mass is 32.2. The SMILES string of the molecule is CC(NCCCS(=O)(=O)O)C(O)c1ccccc1. The Morgan fingerprint density at radius 2 is 1.89 bits per heavy atom. The van der Waals surface area contributed by atoms with Crippen LogP contribution in [0.3, 0.4) is 0 Å². The maximum atomic E-state index is 10.5. The molecule has 2 atom stereocenters. The van der Waals surface area contributed by atoms with Crippen LogP contribution in [0, 0.1) is 0 Å². The molecule has 0 fully saturated rings. The van der Waals surface area contributed by atoms with E-state index in [0.717, 1.165) is 5.56 Å². The van der Waals surface area contributed by atoms with E-state index in [4.69, 9.17) is 4.55 Å². The minimum atomic E-state index is -3.90. The zero-order chi connectivity index (χ0) is 13.6. The van der Waals surface area contributed by atoms with Crippen LogP contribution in [0.5, 0.6) is 0 Å². The number of aliphatic hydroxyl groups excluding tert-OH is 1. The van der Waals surface area contributed by atoms with Gasteiger partial charge in [0.15, 0.2) is 0 Å². The van der Waals surface area contributed by atoms with E-state index in [9.17, 15) is 13.5 Å². The van der Waals surface area contributed by atoms with Gasteiger partial charge in [-0.05, 0) is 25.5 Å². The molecule has 0 aliphatic rings. The predicted molar refractivity (Wildman–Crippen MR) is 69.9 cm³/mol. The van der Waals surface area contributed by atoms with Gasteiger partial charge < -0.3 is 10.4 Å². The third kappa shape index (κ3) is 5.59. The van der Waals surface area contributed by atoms with Crippen molar-refractivity contribution in [2.24, 2.45) is 0 Å². The lowest BCUT2D eigenvalue weighted by atomic mass is 10.0. The van der Waals surface area contributed by atoms with Gasteiger partial charge in [-0.25, -0.2) is 0 Å². The molecule has 18 heavy (non-hydrogen) atoms. The van der Waals surface area contributed by atoms with Crippen molar-refractivity contribution in [3.05, 3.63) is 35.9 Å². The van der Waals surface area contributed by atoms with Crippen LogP contribution in [0.1, 0.15) is 25.0 Å². The molecule has 102 valence electrons. The standard InChI is InChI=1S/C12H19NO4S/c1-10(13-8-5-9-18(15,16)17)12(14)11-6-3-2-4-7-11/h2-4,6-7,10,12-14H,5,8-9H2,1H3,(H,15,16,17). The van der Waals surface area contributed by atoms with Gasteiger partial charge in [0, 0.05) is 6.04 Å². The highest BCUT2D eigenvalue weighted by Gasteiger charge is 2.15. The van der Waals surface area contributed by atoms with Crippen LogP contribution >= 0.6 is 0 Å². The number of hydrogen-bond acceptors (Lipinski definition) is 4. The molecular formula is C12H19NO4S. The van der Waals surface area contributed by atoms with Gasteiger partial charge in [-0.2, -0.15) is 8.42 Å². The highest BCUT2D eigenvalue weighted by Crippen LogP contribution is 2.15.